The minimum Gasteiger partial charge on any atom is -0.422 e. The highest BCUT2D eigenvalue weighted by atomic mass is 79.9. The lowest BCUT2D eigenvalue weighted by Gasteiger charge is -2.08. The van der Waals surface area contributed by atoms with E-state index in [1.165, 1.54) is 25.5 Å². The molecule has 0 saturated heterocycles. The van der Waals surface area contributed by atoms with Gasteiger partial charge >= 0.3 is 5.97 Å². The first-order valence-electron chi connectivity index (χ1n) is 10.1. The van der Waals surface area contributed by atoms with Gasteiger partial charge in [-0.2, -0.15) is 5.10 Å². The van der Waals surface area contributed by atoms with E-state index in [0.29, 0.717) is 28.3 Å². The lowest BCUT2D eigenvalue weighted by atomic mass is 10.1. The number of halogens is 2. The number of rotatable bonds is 11. The van der Waals surface area contributed by atoms with Crippen molar-refractivity contribution >= 4 is 45.6 Å². The number of benzene rings is 2. The maximum absolute atomic E-state index is 12.4. The Labute approximate surface area is 191 Å². The standard InChI is InChI=1S/C23H26BrClN2O3/c1-2-3-4-5-6-7-8-22(28)27-26-16-18-15-19(24)11-14-21(18)30-23(29)17-9-12-20(25)13-10-17/h9-16H,2-8H2,1H3,(H,27,28)/b26-16+. The Hall–Kier alpha value is -2.18. The van der Waals surface area contributed by atoms with Crippen LogP contribution in [0, 0.1) is 0 Å². The van der Waals surface area contributed by atoms with Gasteiger partial charge in [0.15, 0.2) is 0 Å². The zero-order valence-electron chi connectivity index (χ0n) is 17.0. The molecule has 0 saturated carbocycles. The highest BCUT2D eigenvalue weighted by Crippen LogP contribution is 2.23. The van der Waals surface area contributed by atoms with Gasteiger partial charge in [0.25, 0.3) is 0 Å². The van der Waals surface area contributed by atoms with Gasteiger partial charge in [-0.25, -0.2) is 10.2 Å². The summed E-state index contributed by atoms with van der Waals surface area (Å²) in [5.41, 5.74) is 3.48. The van der Waals surface area contributed by atoms with Crippen LogP contribution in [0.5, 0.6) is 5.75 Å². The van der Waals surface area contributed by atoms with Crippen molar-refractivity contribution in [3.63, 3.8) is 0 Å². The SMILES string of the molecule is CCCCCCCCC(=O)N/N=C/c1cc(Br)ccc1OC(=O)c1ccc(Cl)cc1. The molecule has 1 amide bonds. The van der Waals surface area contributed by atoms with E-state index < -0.39 is 5.97 Å². The molecule has 0 heterocycles. The molecule has 0 fully saturated rings. The second-order valence-corrected chi connectivity index (χ2v) is 8.24. The van der Waals surface area contributed by atoms with Crippen molar-refractivity contribution in [3.8, 4) is 5.75 Å². The third-order valence-electron chi connectivity index (χ3n) is 4.40. The molecule has 0 aliphatic rings. The number of carbonyl (C=O) groups is 2. The molecule has 0 aliphatic carbocycles. The van der Waals surface area contributed by atoms with Gasteiger partial charge in [-0.1, -0.05) is 66.6 Å². The van der Waals surface area contributed by atoms with E-state index in [-0.39, 0.29) is 5.91 Å². The summed E-state index contributed by atoms with van der Waals surface area (Å²) in [5, 5.41) is 4.55. The highest BCUT2D eigenvalue weighted by molar-refractivity contribution is 9.10. The molecule has 0 unspecified atom stereocenters. The fourth-order valence-electron chi connectivity index (χ4n) is 2.75. The van der Waals surface area contributed by atoms with Crippen molar-refractivity contribution in [1.82, 2.24) is 5.43 Å². The number of ether oxygens (including phenoxy) is 1. The quantitative estimate of drug-likeness (QED) is 0.127. The lowest BCUT2D eigenvalue weighted by Crippen LogP contribution is -2.17. The molecule has 5 nitrogen and oxygen atoms in total. The average Bonchev–Trinajstić information content (AvgIpc) is 2.73. The second-order valence-electron chi connectivity index (χ2n) is 6.89. The summed E-state index contributed by atoms with van der Waals surface area (Å²) in [7, 11) is 0. The summed E-state index contributed by atoms with van der Waals surface area (Å²) < 4.78 is 6.29. The van der Waals surface area contributed by atoms with Gasteiger partial charge in [-0.3, -0.25) is 4.79 Å². The zero-order chi connectivity index (χ0) is 21.8. The monoisotopic (exact) mass is 492 g/mol. The summed E-state index contributed by atoms with van der Waals surface area (Å²) in [4.78, 5) is 24.3. The van der Waals surface area contributed by atoms with Crippen LogP contribution in [0.2, 0.25) is 5.02 Å². The number of amides is 1. The Morgan fingerprint density at radius 1 is 1.07 bits per heavy atom. The fourth-order valence-corrected chi connectivity index (χ4v) is 3.26. The van der Waals surface area contributed by atoms with Crippen LogP contribution in [0.25, 0.3) is 0 Å². The van der Waals surface area contributed by atoms with Crippen molar-refractivity contribution in [1.29, 1.82) is 0 Å². The Balaban J connectivity index is 1.90. The van der Waals surface area contributed by atoms with E-state index in [9.17, 15) is 9.59 Å². The molecular weight excluding hydrogens is 468 g/mol. The minimum absolute atomic E-state index is 0.128. The molecule has 30 heavy (non-hydrogen) atoms. The number of unbranched alkanes of at least 4 members (excludes halogenated alkanes) is 5. The molecule has 2 rings (SSSR count). The average molecular weight is 494 g/mol. The van der Waals surface area contributed by atoms with Crippen molar-refractivity contribution in [2.75, 3.05) is 0 Å². The lowest BCUT2D eigenvalue weighted by molar-refractivity contribution is -0.121. The van der Waals surface area contributed by atoms with E-state index >= 15 is 0 Å². The van der Waals surface area contributed by atoms with E-state index in [1.807, 2.05) is 0 Å². The molecule has 0 atom stereocenters. The number of nitrogens with one attached hydrogen (secondary N) is 1. The highest BCUT2D eigenvalue weighted by Gasteiger charge is 2.11. The molecule has 0 radical (unpaired) electrons. The molecule has 2 aromatic carbocycles. The maximum Gasteiger partial charge on any atom is 0.343 e. The normalized spacial score (nSPS) is 10.9. The summed E-state index contributed by atoms with van der Waals surface area (Å²) in [5.74, 6) is -0.292. The zero-order valence-corrected chi connectivity index (χ0v) is 19.3. The number of hydrogen-bond donors (Lipinski definition) is 1. The van der Waals surface area contributed by atoms with E-state index in [2.05, 4.69) is 33.4 Å². The smallest absolute Gasteiger partial charge is 0.343 e. The number of hydrogen-bond acceptors (Lipinski definition) is 4. The number of hydrazone groups is 1. The molecule has 0 aliphatic heterocycles. The third-order valence-corrected chi connectivity index (χ3v) is 5.15. The molecule has 7 heteroatoms. The topological polar surface area (TPSA) is 67.8 Å². The van der Waals surface area contributed by atoms with Gasteiger partial charge in [-0.05, 0) is 48.9 Å². The summed E-state index contributed by atoms with van der Waals surface area (Å²) >= 11 is 9.24. The van der Waals surface area contributed by atoms with Crippen molar-refractivity contribution in [2.24, 2.45) is 5.10 Å². The van der Waals surface area contributed by atoms with Crippen LogP contribution >= 0.6 is 27.5 Å². The third kappa shape index (κ3) is 8.67. The number of esters is 1. The van der Waals surface area contributed by atoms with Crippen molar-refractivity contribution < 1.29 is 14.3 Å². The maximum atomic E-state index is 12.4. The number of nitrogens with zero attached hydrogens (tertiary/aromatic N) is 1. The largest absolute Gasteiger partial charge is 0.422 e. The van der Waals surface area contributed by atoms with Crippen LogP contribution in [-0.4, -0.2) is 18.1 Å². The van der Waals surface area contributed by atoms with Gasteiger partial charge in [-0.15, -0.1) is 0 Å². The van der Waals surface area contributed by atoms with Gasteiger partial charge < -0.3 is 4.74 Å². The molecule has 0 aromatic heterocycles. The van der Waals surface area contributed by atoms with Gasteiger partial charge in [0.2, 0.25) is 5.91 Å². The predicted molar refractivity (Wildman–Crippen MR) is 124 cm³/mol. The van der Waals surface area contributed by atoms with E-state index in [0.717, 1.165) is 23.7 Å². The van der Waals surface area contributed by atoms with E-state index in [4.69, 9.17) is 16.3 Å². The molecule has 1 N–H and O–H groups in total. The van der Waals surface area contributed by atoms with Gasteiger partial charge in [0, 0.05) is 21.5 Å². The Morgan fingerprint density at radius 2 is 1.77 bits per heavy atom. The molecular formula is C23H26BrClN2O3. The van der Waals surface area contributed by atoms with E-state index in [1.54, 1.807) is 42.5 Å². The summed E-state index contributed by atoms with van der Waals surface area (Å²) in [6.07, 6.45) is 8.64. The first kappa shape index (κ1) is 24.1. The second kappa shape index (κ2) is 13.2. The predicted octanol–water partition coefficient (Wildman–Crippen LogP) is 6.52. The summed E-state index contributed by atoms with van der Waals surface area (Å²) in [6, 6.07) is 11.6. The van der Waals surface area contributed by atoms with Crippen LogP contribution in [0.15, 0.2) is 52.0 Å². The Kier molecular flexibility index (Phi) is 10.6. The Bertz CT molecular complexity index is 869. The van der Waals surface area contributed by atoms with Crippen LogP contribution < -0.4 is 10.2 Å². The molecule has 0 spiro atoms. The van der Waals surface area contributed by atoms with Crippen LogP contribution in [-0.2, 0) is 4.79 Å². The summed E-state index contributed by atoms with van der Waals surface area (Å²) in [6.45, 7) is 2.18. The van der Waals surface area contributed by atoms with Crippen LogP contribution in [0.4, 0.5) is 0 Å². The molecule has 160 valence electrons. The van der Waals surface area contributed by atoms with Crippen molar-refractivity contribution in [2.45, 2.75) is 51.9 Å². The fraction of sp³-hybridized carbons (Fsp3) is 0.348. The van der Waals surface area contributed by atoms with Gasteiger partial charge in [0.1, 0.15) is 5.75 Å². The van der Waals surface area contributed by atoms with Crippen LogP contribution in [0.3, 0.4) is 0 Å². The Morgan fingerprint density at radius 3 is 2.50 bits per heavy atom. The van der Waals surface area contributed by atoms with Crippen molar-refractivity contribution in [3.05, 3.63) is 63.1 Å². The molecule has 2 aromatic rings. The minimum atomic E-state index is -0.504. The number of carbonyl (C=O) groups excluding carboxylic acids is 2. The first-order chi connectivity index (χ1) is 14.5. The molecule has 0 bridgehead atoms. The van der Waals surface area contributed by atoms with Crippen LogP contribution in [0.1, 0.15) is 67.8 Å². The first-order valence-corrected chi connectivity index (χ1v) is 11.3. The van der Waals surface area contributed by atoms with Gasteiger partial charge in [0.05, 0.1) is 11.8 Å².